The van der Waals surface area contributed by atoms with Crippen LogP contribution in [-0.2, 0) is 53.7 Å². The molecular weight excluding hydrogens is 1430 g/mol. The van der Waals surface area contributed by atoms with Crippen LogP contribution in [0.2, 0.25) is 0 Å². The smallest absolute Gasteiger partial charge is 0.303 e. The number of carbonyl (C=O) groups excluding carboxylic acids is 3. The lowest BCUT2D eigenvalue weighted by atomic mass is 10.0. The third-order valence-electron chi connectivity index (χ3n) is 18.9. The topological polar surface area (TPSA) is 226 Å². The van der Waals surface area contributed by atoms with Crippen LogP contribution >= 0.6 is 0 Å². The molecule has 3 N–H and O–H groups in total. The molecule has 0 saturated carbocycles. The maximum absolute atomic E-state index is 13.7. The Kier molecular flexibility index (Phi) is 33.4. The number of hydrogen-bond acceptors (Lipinski definition) is 11. The number of carboxylic acid groups (broad SMARTS) is 3. The number of pyridine rings is 2. The molecule has 0 aliphatic heterocycles. The summed E-state index contributed by atoms with van der Waals surface area (Å²) < 4.78 is 18.2. The van der Waals surface area contributed by atoms with Gasteiger partial charge in [-0.05, 0) is 181 Å². The Morgan fingerprint density at radius 2 is 0.535 bits per heavy atom. The summed E-state index contributed by atoms with van der Waals surface area (Å²) in [7, 11) is 0. The average molecular weight is 1520 g/mol. The first-order valence-electron chi connectivity index (χ1n) is 38.7. The van der Waals surface area contributed by atoms with Crippen LogP contribution in [0.25, 0.3) is 33.4 Å². The monoisotopic (exact) mass is 1520 g/mol. The number of benzene rings is 10. The predicted molar refractivity (Wildman–Crippen MR) is 445 cm³/mol. The summed E-state index contributed by atoms with van der Waals surface area (Å²) in [5, 5.41) is 26.4. The molecule has 0 aliphatic carbocycles. The largest absolute Gasteiger partial charge is 0.493 e. The van der Waals surface area contributed by atoms with Gasteiger partial charge in [0.25, 0.3) is 17.7 Å². The van der Waals surface area contributed by atoms with Crippen molar-refractivity contribution in [3.63, 3.8) is 0 Å². The lowest BCUT2D eigenvalue weighted by Crippen LogP contribution is -2.30. The number of amides is 3. The number of carboxylic acids is 3. The van der Waals surface area contributed by atoms with E-state index in [1.807, 2.05) is 300 Å². The molecule has 17 nitrogen and oxygen atoms in total. The van der Waals surface area contributed by atoms with Gasteiger partial charge in [-0.25, -0.2) is 0 Å². The Morgan fingerprint density at radius 1 is 0.254 bits per heavy atom. The highest BCUT2D eigenvalue weighted by Crippen LogP contribution is 2.30. The van der Waals surface area contributed by atoms with Crippen LogP contribution in [0.3, 0.4) is 0 Å². The van der Waals surface area contributed by atoms with Gasteiger partial charge in [0.15, 0.2) is 0 Å². The minimum absolute atomic E-state index is 0.0445. The van der Waals surface area contributed by atoms with Crippen molar-refractivity contribution < 1.29 is 58.3 Å². The van der Waals surface area contributed by atoms with Crippen LogP contribution in [0, 0.1) is 0 Å². The van der Waals surface area contributed by atoms with Crippen molar-refractivity contribution in [2.24, 2.45) is 0 Å². The number of carbonyl (C=O) groups is 6. The fourth-order valence-corrected chi connectivity index (χ4v) is 12.8. The van der Waals surface area contributed by atoms with Crippen LogP contribution in [0.4, 0.5) is 0 Å². The molecular formula is C97H97N5O12. The van der Waals surface area contributed by atoms with Gasteiger partial charge in [0.1, 0.15) is 17.2 Å². The highest BCUT2D eigenvalue weighted by atomic mass is 16.5. The summed E-state index contributed by atoms with van der Waals surface area (Å²) >= 11 is 0. The Hall–Kier alpha value is -13.3. The molecule has 0 atom stereocenters. The van der Waals surface area contributed by atoms with Gasteiger partial charge in [-0.15, -0.1) is 0 Å². The summed E-state index contributed by atoms with van der Waals surface area (Å²) in [5.41, 5.74) is 14.1. The first-order chi connectivity index (χ1) is 55.8. The molecule has 0 aliphatic rings. The second-order valence-corrected chi connectivity index (χ2v) is 27.5. The number of aliphatic carboxylic acids is 3. The molecule has 2 heterocycles. The van der Waals surface area contributed by atoms with Gasteiger partial charge >= 0.3 is 17.9 Å². The summed E-state index contributed by atoms with van der Waals surface area (Å²) in [6, 6.07) is 94.2. The maximum Gasteiger partial charge on any atom is 0.303 e. The fourth-order valence-electron chi connectivity index (χ4n) is 12.8. The van der Waals surface area contributed by atoms with E-state index in [4.69, 9.17) is 29.5 Å². The fraction of sp³-hybridized carbons (Fsp3) is 0.216. The zero-order chi connectivity index (χ0) is 79.7. The highest BCUT2D eigenvalue weighted by Gasteiger charge is 2.23. The third-order valence-corrected chi connectivity index (χ3v) is 18.9. The van der Waals surface area contributed by atoms with Crippen LogP contribution in [0.1, 0.15) is 142 Å². The van der Waals surface area contributed by atoms with Crippen LogP contribution in [0.15, 0.2) is 316 Å². The van der Waals surface area contributed by atoms with E-state index in [0.29, 0.717) is 95.0 Å². The maximum atomic E-state index is 13.7. The van der Waals surface area contributed by atoms with Gasteiger partial charge in [0, 0.05) is 117 Å². The Morgan fingerprint density at radius 3 is 0.851 bits per heavy atom. The van der Waals surface area contributed by atoms with Crippen LogP contribution in [0.5, 0.6) is 17.2 Å². The van der Waals surface area contributed by atoms with Crippen LogP contribution < -0.4 is 14.2 Å². The lowest BCUT2D eigenvalue weighted by molar-refractivity contribution is -0.138. The molecule has 582 valence electrons. The summed E-state index contributed by atoms with van der Waals surface area (Å²) in [4.78, 5) is 87.1. The normalized spacial score (nSPS) is 10.6. The highest BCUT2D eigenvalue weighted by molar-refractivity contribution is 5.96. The number of hydrogen-bond donors (Lipinski definition) is 3. The average Bonchev–Trinajstić information content (AvgIpc) is 0.829. The number of unbranched alkanes of at least 4 members (excludes halogenated alkanes) is 6. The Bertz CT molecular complexity index is 4420. The molecule has 0 fully saturated rings. The molecule has 0 saturated heterocycles. The molecule has 17 heteroatoms. The van der Waals surface area contributed by atoms with E-state index in [9.17, 15) is 28.8 Å². The van der Waals surface area contributed by atoms with E-state index in [-0.39, 0.29) is 37.0 Å². The molecule has 2 aromatic heterocycles. The first-order valence-corrected chi connectivity index (χ1v) is 38.7. The molecule has 0 spiro atoms. The Balaban J connectivity index is 0.000000181. The molecule has 3 amide bonds. The van der Waals surface area contributed by atoms with Crippen molar-refractivity contribution in [2.45, 2.75) is 116 Å². The van der Waals surface area contributed by atoms with Crippen molar-refractivity contribution in [2.75, 3.05) is 19.8 Å². The van der Waals surface area contributed by atoms with Crippen molar-refractivity contribution in [3.05, 3.63) is 366 Å². The first kappa shape index (κ1) is 83.2. The number of para-hydroxylation sites is 3. The van der Waals surface area contributed by atoms with Gasteiger partial charge in [-0.1, -0.05) is 218 Å². The summed E-state index contributed by atoms with van der Waals surface area (Å²) in [6.07, 6.45) is 14.2. The summed E-state index contributed by atoms with van der Waals surface area (Å²) in [6.45, 7) is 4.11. The van der Waals surface area contributed by atoms with E-state index >= 15 is 0 Å². The van der Waals surface area contributed by atoms with Gasteiger partial charge in [0.2, 0.25) is 0 Å². The number of aromatic nitrogens is 2. The summed E-state index contributed by atoms with van der Waals surface area (Å²) in [5.74, 6) is -0.249. The van der Waals surface area contributed by atoms with Gasteiger partial charge in [-0.2, -0.15) is 0 Å². The quantitative estimate of drug-likeness (QED) is 0.0305. The van der Waals surface area contributed by atoms with Gasteiger partial charge < -0.3 is 44.2 Å². The number of nitrogens with zero attached hydrogens (tertiary/aromatic N) is 5. The number of rotatable bonds is 39. The van der Waals surface area contributed by atoms with Crippen LogP contribution in [-0.4, -0.2) is 95.4 Å². The molecule has 10 aromatic carbocycles. The minimum atomic E-state index is -0.772. The van der Waals surface area contributed by atoms with Gasteiger partial charge in [-0.3, -0.25) is 38.7 Å². The minimum Gasteiger partial charge on any atom is -0.493 e. The zero-order valence-corrected chi connectivity index (χ0v) is 64.1. The molecule has 12 aromatic rings. The molecule has 12 rings (SSSR count). The third kappa shape index (κ3) is 27.6. The van der Waals surface area contributed by atoms with E-state index in [0.717, 1.165) is 123 Å². The molecule has 0 bridgehead atoms. The van der Waals surface area contributed by atoms with Gasteiger partial charge in [0.05, 0.1) is 19.8 Å². The van der Waals surface area contributed by atoms with E-state index in [1.54, 1.807) is 18.6 Å². The lowest BCUT2D eigenvalue weighted by Gasteiger charge is -2.24. The zero-order valence-electron chi connectivity index (χ0n) is 64.1. The second kappa shape index (κ2) is 45.8. The van der Waals surface area contributed by atoms with Crippen molar-refractivity contribution in [1.29, 1.82) is 0 Å². The number of ether oxygens (including phenoxy) is 3. The van der Waals surface area contributed by atoms with E-state index < -0.39 is 17.9 Å². The van der Waals surface area contributed by atoms with Crippen molar-refractivity contribution in [1.82, 2.24) is 24.7 Å². The Labute approximate surface area is 667 Å². The molecule has 0 unspecified atom stereocenters. The molecule has 0 radical (unpaired) electrons. The van der Waals surface area contributed by atoms with E-state index in [2.05, 4.69) is 22.1 Å². The SMILES string of the molecule is O=C(O)CCCCCOc1ccccc1CN(Cc1ccccc1)C(=O)c1ccc(-c2ccccc2)cc1.O=C(O)CCCCCOc1ccccc1CN(Cc1ccccc1)C(=O)c1ccc(-c2cccnc2)cc1.O=C(O)CCCCCOc1ccccc1CN(Cc1ccccc1)C(=O)c1ccc(-c2ccncc2)cc1. The second-order valence-electron chi connectivity index (χ2n) is 27.5. The van der Waals surface area contributed by atoms with Crippen molar-refractivity contribution >= 4 is 35.6 Å². The standard InChI is InChI=1S/C33H33NO4.2C32H32N2O4/c35-32(36)18-8-3-11-23-38-31-17-10-9-16-30(31)25-34(24-26-12-4-1-5-13-26)33(37)29-21-19-28(20-22-29)27-14-6-2-7-15-27;35-31(36)15-5-2-8-21-38-30-14-7-6-12-29(30)24-34(23-25-10-3-1-4-11-25)32(37)27-18-16-26(17-19-27)28-13-9-20-33-22-28;35-31(36)13-5-2-8-22-38-30-12-7-6-11-29(30)24-34(23-25-9-3-1-4-10-25)32(37)28-16-14-26(15-17-28)27-18-20-33-21-19-27/h1-2,4-7,9-10,12-17,19-22H,3,8,11,18,23-25H2,(H,35,36);1,3-4,6-7,9-14,16-20,22H,2,5,8,15,21,23-24H2,(H,35,36);1,3-4,6-7,9-12,14-21H,2,5,8,13,22-24H2,(H,35,36). The molecule has 114 heavy (non-hydrogen) atoms. The van der Waals surface area contributed by atoms with Crippen molar-refractivity contribution in [3.8, 4) is 50.6 Å². The predicted octanol–water partition coefficient (Wildman–Crippen LogP) is 20.5. The van der Waals surface area contributed by atoms with E-state index in [1.165, 1.54) is 0 Å².